The summed E-state index contributed by atoms with van der Waals surface area (Å²) in [6.07, 6.45) is 3.59. The molecule has 0 atom stereocenters. The number of rotatable bonds is 9. The van der Waals surface area contributed by atoms with Crippen molar-refractivity contribution in [1.82, 2.24) is 25.0 Å². The van der Waals surface area contributed by atoms with Gasteiger partial charge in [0.2, 0.25) is 10.0 Å². The standard InChI is InChI=1S/C11H23N5O3S/c1-11(2,14-20(3,18)19)9-12-7-10-8-16(15-13-10)5-4-6-17/h8,12,14,17H,4-7,9H2,1-3H3. The molecule has 0 amide bonds. The van der Waals surface area contributed by atoms with Crippen LogP contribution in [0.4, 0.5) is 0 Å². The van der Waals surface area contributed by atoms with E-state index in [1.165, 1.54) is 0 Å². The molecule has 0 aromatic carbocycles. The molecular weight excluding hydrogens is 282 g/mol. The minimum atomic E-state index is -3.23. The first-order chi connectivity index (χ1) is 9.22. The normalized spacial score (nSPS) is 12.8. The Hall–Kier alpha value is -1.03. The first kappa shape index (κ1) is 17.0. The molecule has 20 heavy (non-hydrogen) atoms. The molecule has 0 fully saturated rings. The third kappa shape index (κ3) is 6.94. The maximum atomic E-state index is 11.2. The van der Waals surface area contributed by atoms with E-state index in [1.54, 1.807) is 24.7 Å². The van der Waals surface area contributed by atoms with E-state index in [0.29, 0.717) is 26.1 Å². The summed E-state index contributed by atoms with van der Waals surface area (Å²) in [5.74, 6) is 0. The summed E-state index contributed by atoms with van der Waals surface area (Å²) in [7, 11) is -3.23. The fraction of sp³-hybridized carbons (Fsp3) is 0.818. The van der Waals surface area contributed by atoms with Crippen molar-refractivity contribution in [3.8, 4) is 0 Å². The number of aryl methyl sites for hydroxylation is 1. The van der Waals surface area contributed by atoms with E-state index in [0.717, 1.165) is 11.9 Å². The third-order valence-corrected chi connectivity index (χ3v) is 3.39. The van der Waals surface area contributed by atoms with Crippen LogP contribution in [0.1, 0.15) is 26.0 Å². The van der Waals surface area contributed by atoms with Crippen LogP contribution in [0.5, 0.6) is 0 Å². The minimum absolute atomic E-state index is 0.124. The smallest absolute Gasteiger partial charge is 0.209 e. The topological polar surface area (TPSA) is 109 Å². The fourth-order valence-corrected chi connectivity index (χ4v) is 2.88. The highest BCUT2D eigenvalue weighted by Crippen LogP contribution is 2.02. The average Bonchev–Trinajstić information content (AvgIpc) is 2.70. The number of sulfonamides is 1. The zero-order valence-corrected chi connectivity index (χ0v) is 12.9. The van der Waals surface area contributed by atoms with Crippen molar-refractivity contribution in [2.75, 3.05) is 19.4 Å². The number of nitrogens with one attached hydrogen (secondary N) is 2. The molecule has 3 N–H and O–H groups in total. The summed E-state index contributed by atoms with van der Waals surface area (Å²) < 4.78 is 26.6. The van der Waals surface area contributed by atoms with E-state index in [1.807, 2.05) is 0 Å². The zero-order valence-electron chi connectivity index (χ0n) is 12.1. The number of aromatic nitrogens is 3. The lowest BCUT2D eigenvalue weighted by atomic mass is 10.1. The lowest BCUT2D eigenvalue weighted by molar-refractivity contribution is 0.276. The Morgan fingerprint density at radius 2 is 2.15 bits per heavy atom. The van der Waals surface area contributed by atoms with Gasteiger partial charge in [0.15, 0.2) is 0 Å². The SMILES string of the molecule is CC(C)(CNCc1cn(CCCO)nn1)NS(C)(=O)=O. The molecule has 0 saturated carbocycles. The van der Waals surface area contributed by atoms with Crippen LogP contribution in [-0.4, -0.2) is 53.5 Å². The van der Waals surface area contributed by atoms with E-state index < -0.39 is 15.6 Å². The van der Waals surface area contributed by atoms with Crippen molar-refractivity contribution < 1.29 is 13.5 Å². The van der Waals surface area contributed by atoms with Gasteiger partial charge in [-0.25, -0.2) is 13.1 Å². The molecule has 0 saturated heterocycles. The molecule has 1 rings (SSSR count). The molecule has 116 valence electrons. The second-order valence-electron chi connectivity index (χ2n) is 5.41. The predicted molar refractivity (Wildman–Crippen MR) is 75.5 cm³/mol. The molecule has 1 aromatic heterocycles. The van der Waals surface area contributed by atoms with Gasteiger partial charge in [-0.15, -0.1) is 5.10 Å². The third-order valence-electron chi connectivity index (χ3n) is 2.47. The van der Waals surface area contributed by atoms with Gasteiger partial charge in [0.1, 0.15) is 0 Å². The molecule has 8 nitrogen and oxygen atoms in total. The quantitative estimate of drug-likeness (QED) is 0.544. The fourth-order valence-electron chi connectivity index (χ4n) is 1.80. The van der Waals surface area contributed by atoms with Crippen LogP contribution in [0.3, 0.4) is 0 Å². The molecule has 0 aliphatic carbocycles. The number of aliphatic hydroxyl groups excluding tert-OH is 1. The number of aliphatic hydroxyl groups is 1. The van der Waals surface area contributed by atoms with Gasteiger partial charge in [0.05, 0.1) is 11.9 Å². The molecule has 0 bridgehead atoms. The van der Waals surface area contributed by atoms with Gasteiger partial charge < -0.3 is 10.4 Å². The lowest BCUT2D eigenvalue weighted by Crippen LogP contribution is -2.49. The number of nitrogens with zero attached hydrogens (tertiary/aromatic N) is 3. The van der Waals surface area contributed by atoms with Crippen LogP contribution in [0.15, 0.2) is 6.20 Å². The summed E-state index contributed by atoms with van der Waals surface area (Å²) in [5, 5.41) is 19.8. The first-order valence-electron chi connectivity index (χ1n) is 6.41. The van der Waals surface area contributed by atoms with Crippen molar-refractivity contribution in [3.05, 3.63) is 11.9 Å². The van der Waals surface area contributed by atoms with Crippen LogP contribution < -0.4 is 10.0 Å². The van der Waals surface area contributed by atoms with Gasteiger partial charge in [0, 0.05) is 38.0 Å². The average molecular weight is 305 g/mol. The largest absolute Gasteiger partial charge is 0.396 e. The van der Waals surface area contributed by atoms with Gasteiger partial charge in [0.25, 0.3) is 0 Å². The zero-order chi connectivity index (χ0) is 15.2. The van der Waals surface area contributed by atoms with Gasteiger partial charge in [-0.3, -0.25) is 4.68 Å². The van der Waals surface area contributed by atoms with E-state index in [-0.39, 0.29) is 6.61 Å². The van der Waals surface area contributed by atoms with Crippen molar-refractivity contribution in [2.24, 2.45) is 0 Å². The van der Waals surface area contributed by atoms with E-state index >= 15 is 0 Å². The second kappa shape index (κ2) is 7.11. The minimum Gasteiger partial charge on any atom is -0.396 e. The van der Waals surface area contributed by atoms with Crippen molar-refractivity contribution in [1.29, 1.82) is 0 Å². The molecule has 0 unspecified atom stereocenters. The molecule has 1 heterocycles. The summed E-state index contributed by atoms with van der Waals surface area (Å²) in [5.41, 5.74) is 0.207. The summed E-state index contributed by atoms with van der Waals surface area (Å²) in [4.78, 5) is 0. The molecule has 0 aliphatic heterocycles. The summed E-state index contributed by atoms with van der Waals surface area (Å²) >= 11 is 0. The van der Waals surface area contributed by atoms with E-state index in [2.05, 4.69) is 20.4 Å². The van der Waals surface area contributed by atoms with E-state index in [9.17, 15) is 8.42 Å². The van der Waals surface area contributed by atoms with Crippen LogP contribution in [0.25, 0.3) is 0 Å². The van der Waals surface area contributed by atoms with Gasteiger partial charge in [-0.05, 0) is 20.3 Å². The Bertz CT molecular complexity index is 512. The highest BCUT2D eigenvalue weighted by Gasteiger charge is 2.21. The van der Waals surface area contributed by atoms with Crippen LogP contribution >= 0.6 is 0 Å². The highest BCUT2D eigenvalue weighted by molar-refractivity contribution is 7.88. The molecule has 0 spiro atoms. The number of hydrogen-bond donors (Lipinski definition) is 3. The molecule has 0 aliphatic rings. The Morgan fingerprint density at radius 3 is 2.75 bits per heavy atom. The van der Waals surface area contributed by atoms with Crippen LogP contribution in [0, 0.1) is 0 Å². The summed E-state index contributed by atoms with van der Waals surface area (Å²) in [6, 6.07) is 0. The monoisotopic (exact) mass is 305 g/mol. The molecule has 0 radical (unpaired) electrons. The highest BCUT2D eigenvalue weighted by atomic mass is 32.2. The van der Waals surface area contributed by atoms with Crippen molar-refractivity contribution in [2.45, 2.75) is 38.9 Å². The van der Waals surface area contributed by atoms with Gasteiger partial charge >= 0.3 is 0 Å². The molecule has 9 heteroatoms. The van der Waals surface area contributed by atoms with Gasteiger partial charge in [-0.1, -0.05) is 5.21 Å². The Morgan fingerprint density at radius 1 is 1.45 bits per heavy atom. The Labute approximate surface area is 119 Å². The maximum absolute atomic E-state index is 11.2. The predicted octanol–water partition coefficient (Wildman–Crippen LogP) is -0.922. The van der Waals surface area contributed by atoms with Crippen molar-refractivity contribution >= 4 is 10.0 Å². The first-order valence-corrected chi connectivity index (χ1v) is 8.30. The van der Waals surface area contributed by atoms with Crippen LogP contribution in [-0.2, 0) is 23.1 Å². The maximum Gasteiger partial charge on any atom is 0.209 e. The number of hydrogen-bond acceptors (Lipinski definition) is 6. The van der Waals surface area contributed by atoms with E-state index in [4.69, 9.17) is 5.11 Å². The van der Waals surface area contributed by atoms with Crippen LogP contribution in [0.2, 0.25) is 0 Å². The summed E-state index contributed by atoms with van der Waals surface area (Å²) in [6.45, 7) is 5.35. The second-order valence-corrected chi connectivity index (χ2v) is 7.16. The van der Waals surface area contributed by atoms with Crippen molar-refractivity contribution in [3.63, 3.8) is 0 Å². The Balaban J connectivity index is 2.38. The molecular formula is C11H23N5O3S. The molecule has 1 aromatic rings. The lowest BCUT2D eigenvalue weighted by Gasteiger charge is -2.25. The van der Waals surface area contributed by atoms with Gasteiger partial charge in [-0.2, -0.15) is 0 Å². The Kier molecular flexibility index (Phi) is 6.06.